The van der Waals surface area contributed by atoms with Crippen LogP contribution in [0, 0.1) is 0 Å². The number of rotatable bonds is 5. The maximum Gasteiger partial charge on any atom is 0.222 e. The van der Waals surface area contributed by atoms with Gasteiger partial charge in [-0.1, -0.05) is 12.1 Å². The normalized spacial score (nSPS) is 16.3. The third kappa shape index (κ3) is 3.36. The van der Waals surface area contributed by atoms with Gasteiger partial charge in [-0.05, 0) is 12.1 Å². The Kier molecular flexibility index (Phi) is 4.22. The molecule has 0 saturated heterocycles. The Labute approximate surface area is 128 Å². The first kappa shape index (κ1) is 14.4. The molecule has 7 nitrogen and oxygen atoms in total. The first-order chi connectivity index (χ1) is 10.7. The van der Waals surface area contributed by atoms with Gasteiger partial charge in [-0.15, -0.1) is 0 Å². The Hall–Kier alpha value is -2.57. The highest BCUT2D eigenvalue weighted by atomic mass is 16.6. The van der Waals surface area contributed by atoms with Gasteiger partial charge < -0.3 is 14.4 Å². The molecule has 22 heavy (non-hydrogen) atoms. The fourth-order valence-electron chi connectivity index (χ4n) is 2.33. The number of aromatic nitrogens is 3. The lowest BCUT2D eigenvalue weighted by molar-refractivity contribution is -0.131. The number of nitrogens with one attached hydrogen (secondary N) is 1. The standard InChI is InChI=1S/C15H18N4O3/c1-19(15(20)7-6-14-16-10-17-18-14)8-11-9-21-12-4-2-3-5-13(12)22-11/h2-5,10-11H,6-9H2,1H3,(H,16,17,18). The molecular weight excluding hydrogens is 284 g/mol. The average Bonchev–Trinajstić information content (AvgIpc) is 3.06. The number of benzene rings is 1. The molecule has 116 valence electrons. The molecule has 3 rings (SSSR count). The van der Waals surface area contributed by atoms with E-state index in [-0.39, 0.29) is 12.0 Å². The number of ether oxygens (including phenoxy) is 2. The van der Waals surface area contributed by atoms with E-state index in [9.17, 15) is 4.79 Å². The molecular formula is C15H18N4O3. The van der Waals surface area contributed by atoms with E-state index < -0.39 is 0 Å². The lowest BCUT2D eigenvalue weighted by atomic mass is 10.2. The predicted molar refractivity (Wildman–Crippen MR) is 78.7 cm³/mol. The lowest BCUT2D eigenvalue weighted by Gasteiger charge is -2.29. The van der Waals surface area contributed by atoms with Crippen LogP contribution in [0.2, 0.25) is 0 Å². The number of nitrogens with zero attached hydrogens (tertiary/aromatic N) is 3. The largest absolute Gasteiger partial charge is 0.486 e. The van der Waals surface area contributed by atoms with Gasteiger partial charge in [0.2, 0.25) is 5.91 Å². The number of carbonyl (C=O) groups is 1. The Morgan fingerprint density at radius 2 is 2.23 bits per heavy atom. The molecule has 2 aromatic rings. The number of aryl methyl sites for hydroxylation is 1. The first-order valence-corrected chi connectivity index (χ1v) is 7.19. The summed E-state index contributed by atoms with van der Waals surface area (Å²) >= 11 is 0. The minimum atomic E-state index is -0.158. The zero-order chi connectivity index (χ0) is 15.4. The molecule has 1 aromatic carbocycles. The van der Waals surface area contributed by atoms with Crippen molar-refractivity contribution in [2.24, 2.45) is 0 Å². The van der Waals surface area contributed by atoms with Crippen LogP contribution in [0.25, 0.3) is 0 Å². The van der Waals surface area contributed by atoms with Crippen molar-refractivity contribution in [3.63, 3.8) is 0 Å². The topological polar surface area (TPSA) is 80.3 Å². The summed E-state index contributed by atoms with van der Waals surface area (Å²) in [6.07, 6.45) is 2.21. The van der Waals surface area contributed by atoms with E-state index in [0.29, 0.717) is 31.8 Å². The number of likely N-dealkylation sites (N-methyl/N-ethyl adjacent to an activating group) is 1. The van der Waals surface area contributed by atoms with E-state index in [2.05, 4.69) is 15.2 Å². The Bertz CT molecular complexity index is 629. The van der Waals surface area contributed by atoms with Crippen molar-refractivity contribution >= 4 is 5.91 Å². The van der Waals surface area contributed by atoms with E-state index in [0.717, 1.165) is 11.5 Å². The molecule has 0 fully saturated rings. The molecule has 0 spiro atoms. The Balaban J connectivity index is 1.49. The van der Waals surface area contributed by atoms with Crippen LogP contribution < -0.4 is 9.47 Å². The highest BCUT2D eigenvalue weighted by Crippen LogP contribution is 2.30. The zero-order valence-electron chi connectivity index (χ0n) is 12.4. The fraction of sp³-hybridized carbons (Fsp3) is 0.400. The number of fused-ring (bicyclic) bond motifs is 1. The van der Waals surface area contributed by atoms with Crippen molar-refractivity contribution < 1.29 is 14.3 Å². The van der Waals surface area contributed by atoms with Crippen molar-refractivity contribution in [2.45, 2.75) is 18.9 Å². The quantitative estimate of drug-likeness (QED) is 0.892. The molecule has 1 aromatic heterocycles. The summed E-state index contributed by atoms with van der Waals surface area (Å²) in [5.41, 5.74) is 0. The van der Waals surface area contributed by atoms with Crippen LogP contribution in [0.15, 0.2) is 30.6 Å². The molecule has 0 radical (unpaired) electrons. The number of H-pyrrole nitrogens is 1. The highest BCUT2D eigenvalue weighted by Gasteiger charge is 2.23. The second-order valence-corrected chi connectivity index (χ2v) is 5.20. The molecule has 1 unspecified atom stereocenters. The summed E-state index contributed by atoms with van der Waals surface area (Å²) in [7, 11) is 1.77. The van der Waals surface area contributed by atoms with E-state index in [1.807, 2.05) is 24.3 Å². The van der Waals surface area contributed by atoms with Crippen LogP contribution >= 0.6 is 0 Å². The SMILES string of the molecule is CN(CC1COc2ccccc2O1)C(=O)CCc1ncn[nH]1. The monoisotopic (exact) mass is 302 g/mol. The summed E-state index contributed by atoms with van der Waals surface area (Å²) in [6.45, 7) is 0.931. The van der Waals surface area contributed by atoms with Crippen LogP contribution in [0.1, 0.15) is 12.2 Å². The fourth-order valence-corrected chi connectivity index (χ4v) is 2.33. The minimum Gasteiger partial charge on any atom is -0.486 e. The van der Waals surface area contributed by atoms with Crippen molar-refractivity contribution in [2.75, 3.05) is 20.2 Å². The average molecular weight is 302 g/mol. The van der Waals surface area contributed by atoms with Crippen LogP contribution in [0.4, 0.5) is 0 Å². The third-order valence-electron chi connectivity index (χ3n) is 3.51. The molecule has 0 saturated carbocycles. The third-order valence-corrected chi connectivity index (χ3v) is 3.51. The van der Waals surface area contributed by atoms with Crippen molar-refractivity contribution in [3.8, 4) is 11.5 Å². The second kappa shape index (κ2) is 6.46. The van der Waals surface area contributed by atoms with Crippen molar-refractivity contribution in [3.05, 3.63) is 36.4 Å². The summed E-state index contributed by atoms with van der Waals surface area (Å²) in [6, 6.07) is 7.55. The number of aromatic amines is 1. The van der Waals surface area contributed by atoms with Gasteiger partial charge >= 0.3 is 0 Å². The van der Waals surface area contributed by atoms with E-state index >= 15 is 0 Å². The van der Waals surface area contributed by atoms with Crippen LogP contribution in [0.3, 0.4) is 0 Å². The van der Waals surface area contributed by atoms with E-state index in [4.69, 9.17) is 9.47 Å². The van der Waals surface area contributed by atoms with Crippen molar-refractivity contribution in [1.29, 1.82) is 0 Å². The van der Waals surface area contributed by atoms with Crippen molar-refractivity contribution in [1.82, 2.24) is 20.1 Å². The summed E-state index contributed by atoms with van der Waals surface area (Å²) in [5.74, 6) is 2.23. The molecule has 7 heteroatoms. The van der Waals surface area contributed by atoms with Gasteiger partial charge in [0.25, 0.3) is 0 Å². The second-order valence-electron chi connectivity index (χ2n) is 5.20. The molecule has 1 atom stereocenters. The van der Waals surface area contributed by atoms with Gasteiger partial charge in [-0.25, -0.2) is 4.98 Å². The molecule has 1 aliphatic rings. The van der Waals surface area contributed by atoms with Gasteiger partial charge in [0, 0.05) is 19.9 Å². The predicted octanol–water partition coefficient (Wildman–Crippen LogP) is 1.04. The van der Waals surface area contributed by atoms with Gasteiger partial charge in [-0.2, -0.15) is 5.10 Å². The van der Waals surface area contributed by atoms with Gasteiger partial charge in [0.05, 0.1) is 6.54 Å². The minimum absolute atomic E-state index is 0.0406. The number of amides is 1. The summed E-state index contributed by atoms with van der Waals surface area (Å²) in [4.78, 5) is 17.8. The first-order valence-electron chi connectivity index (χ1n) is 7.19. The maximum absolute atomic E-state index is 12.1. The molecule has 1 aliphatic heterocycles. The number of hydrogen-bond donors (Lipinski definition) is 1. The van der Waals surface area contributed by atoms with Crippen LogP contribution in [-0.4, -0.2) is 52.3 Å². The molecule has 1 amide bonds. The van der Waals surface area contributed by atoms with E-state index in [1.54, 1.807) is 11.9 Å². The summed E-state index contributed by atoms with van der Waals surface area (Å²) in [5, 5.41) is 6.51. The van der Waals surface area contributed by atoms with Crippen LogP contribution in [-0.2, 0) is 11.2 Å². The lowest BCUT2D eigenvalue weighted by Crippen LogP contribution is -2.41. The Morgan fingerprint density at radius 1 is 1.41 bits per heavy atom. The number of hydrogen-bond acceptors (Lipinski definition) is 5. The molecule has 1 N–H and O–H groups in total. The summed E-state index contributed by atoms with van der Waals surface area (Å²) < 4.78 is 11.5. The molecule has 0 bridgehead atoms. The van der Waals surface area contributed by atoms with Gasteiger partial charge in [0.15, 0.2) is 17.6 Å². The van der Waals surface area contributed by atoms with E-state index in [1.165, 1.54) is 6.33 Å². The van der Waals surface area contributed by atoms with Crippen LogP contribution in [0.5, 0.6) is 11.5 Å². The Morgan fingerprint density at radius 3 is 3.00 bits per heavy atom. The van der Waals surface area contributed by atoms with Gasteiger partial charge in [0.1, 0.15) is 18.8 Å². The molecule has 0 aliphatic carbocycles. The smallest absolute Gasteiger partial charge is 0.222 e. The number of carbonyl (C=O) groups excluding carboxylic acids is 1. The zero-order valence-corrected chi connectivity index (χ0v) is 12.4. The van der Waals surface area contributed by atoms with Gasteiger partial charge in [-0.3, -0.25) is 9.89 Å². The number of para-hydroxylation sites is 2. The highest BCUT2D eigenvalue weighted by molar-refractivity contribution is 5.76. The maximum atomic E-state index is 12.1. The molecule has 2 heterocycles.